The van der Waals surface area contributed by atoms with E-state index >= 15 is 0 Å². The molecule has 7 nitrogen and oxygen atoms in total. The molecule has 4 aromatic rings. The first-order valence-electron chi connectivity index (χ1n) is 14.3. The van der Waals surface area contributed by atoms with Crippen LogP contribution in [0.1, 0.15) is 31.4 Å². The van der Waals surface area contributed by atoms with Crippen molar-refractivity contribution in [1.29, 1.82) is 0 Å². The molecule has 0 aromatic heterocycles. The number of nitrogens with one attached hydrogen (secondary N) is 1. The summed E-state index contributed by atoms with van der Waals surface area (Å²) in [6.07, 6.45) is 0.921. The first-order valence-corrected chi connectivity index (χ1v) is 16.5. The molecule has 0 aliphatic rings. The number of halogens is 2. The van der Waals surface area contributed by atoms with Crippen LogP contribution in [0.5, 0.6) is 0 Å². The predicted octanol–water partition coefficient (Wildman–Crippen LogP) is 6.74. The molecule has 2 atom stereocenters. The highest BCUT2D eigenvalue weighted by Crippen LogP contribution is 2.31. The number of para-hydroxylation sites is 1. The van der Waals surface area contributed by atoms with Crippen molar-refractivity contribution in [2.45, 2.75) is 50.2 Å². The number of benzene rings is 4. The van der Waals surface area contributed by atoms with Gasteiger partial charge in [-0.3, -0.25) is 13.9 Å². The molecule has 1 N–H and O–H groups in total. The Balaban J connectivity index is 1.81. The lowest BCUT2D eigenvalue weighted by Gasteiger charge is -2.34. The van der Waals surface area contributed by atoms with Gasteiger partial charge in [0.05, 0.1) is 15.6 Å². The van der Waals surface area contributed by atoms with Crippen molar-refractivity contribution < 1.29 is 18.0 Å². The van der Waals surface area contributed by atoms with Gasteiger partial charge in [0.15, 0.2) is 0 Å². The molecule has 0 radical (unpaired) electrons. The molecule has 230 valence electrons. The summed E-state index contributed by atoms with van der Waals surface area (Å²) in [6.45, 7) is 3.32. The smallest absolute Gasteiger partial charge is 0.264 e. The maximum Gasteiger partial charge on any atom is 0.264 e. The number of nitrogens with zero attached hydrogens (tertiary/aromatic N) is 2. The van der Waals surface area contributed by atoms with Crippen molar-refractivity contribution in [1.82, 2.24) is 10.2 Å². The highest BCUT2D eigenvalue weighted by atomic mass is 35.5. The number of carbonyl (C=O) groups excluding carboxylic acids is 2. The molecule has 0 aliphatic carbocycles. The van der Waals surface area contributed by atoms with E-state index in [0.717, 1.165) is 15.4 Å². The van der Waals surface area contributed by atoms with Gasteiger partial charge in [-0.05, 0) is 60.9 Å². The Bertz CT molecular complexity index is 1650. The number of rotatable bonds is 13. The third kappa shape index (κ3) is 8.40. The zero-order valence-corrected chi connectivity index (χ0v) is 26.9. The topological polar surface area (TPSA) is 86.8 Å². The summed E-state index contributed by atoms with van der Waals surface area (Å²) >= 11 is 12.6. The number of hydrogen-bond acceptors (Lipinski definition) is 4. The standard InChI is InChI=1S/C34H35Cl2N3O4S/c1-3-25(2)37-34(41)32(22-26-12-6-4-7-13-26)38(23-27-18-20-28(35)21-19-27)33(40)24-39(31-17-11-10-16-30(31)36)44(42,43)29-14-8-5-9-15-29/h4-21,25,32H,3,22-24H2,1-2H3,(H,37,41)/t25-,32-/m1/s1. The van der Waals surface area contributed by atoms with Crippen LogP contribution in [0.25, 0.3) is 0 Å². The van der Waals surface area contributed by atoms with Crippen LogP contribution in [-0.2, 0) is 32.6 Å². The Hall–Kier alpha value is -3.85. The predicted molar refractivity (Wildman–Crippen MR) is 176 cm³/mol. The van der Waals surface area contributed by atoms with Gasteiger partial charge in [-0.2, -0.15) is 0 Å². The minimum atomic E-state index is -4.23. The quantitative estimate of drug-likeness (QED) is 0.173. The van der Waals surface area contributed by atoms with Crippen molar-refractivity contribution in [3.63, 3.8) is 0 Å². The van der Waals surface area contributed by atoms with E-state index in [0.29, 0.717) is 11.4 Å². The zero-order chi connectivity index (χ0) is 31.7. The van der Waals surface area contributed by atoms with Gasteiger partial charge >= 0.3 is 0 Å². The van der Waals surface area contributed by atoms with E-state index in [1.807, 2.05) is 44.2 Å². The zero-order valence-electron chi connectivity index (χ0n) is 24.6. The van der Waals surface area contributed by atoms with Gasteiger partial charge < -0.3 is 10.2 Å². The Morgan fingerprint density at radius 2 is 1.39 bits per heavy atom. The summed E-state index contributed by atoms with van der Waals surface area (Å²) < 4.78 is 29.0. The first-order chi connectivity index (χ1) is 21.1. The molecule has 4 rings (SSSR count). The lowest BCUT2D eigenvalue weighted by atomic mass is 10.0. The van der Waals surface area contributed by atoms with Crippen LogP contribution < -0.4 is 9.62 Å². The molecule has 0 fully saturated rings. The van der Waals surface area contributed by atoms with E-state index in [2.05, 4.69) is 5.32 Å². The van der Waals surface area contributed by atoms with E-state index in [-0.39, 0.29) is 40.5 Å². The molecule has 0 unspecified atom stereocenters. The fourth-order valence-corrected chi connectivity index (χ4v) is 6.54. The maximum absolute atomic E-state index is 14.4. The van der Waals surface area contributed by atoms with Crippen LogP contribution in [0.3, 0.4) is 0 Å². The Morgan fingerprint density at radius 1 is 0.795 bits per heavy atom. The van der Waals surface area contributed by atoms with E-state index in [1.54, 1.807) is 66.7 Å². The second-order valence-corrected chi connectivity index (χ2v) is 13.2. The summed E-state index contributed by atoms with van der Waals surface area (Å²) in [4.78, 5) is 29.8. The van der Waals surface area contributed by atoms with Crippen molar-refractivity contribution in [2.75, 3.05) is 10.8 Å². The van der Waals surface area contributed by atoms with Gasteiger partial charge in [0.25, 0.3) is 10.0 Å². The SMILES string of the molecule is CC[C@@H](C)NC(=O)[C@@H](Cc1ccccc1)N(Cc1ccc(Cl)cc1)C(=O)CN(c1ccccc1Cl)S(=O)(=O)c1ccccc1. The normalized spacial score (nSPS) is 12.6. The summed E-state index contributed by atoms with van der Waals surface area (Å²) in [5, 5.41) is 3.72. The maximum atomic E-state index is 14.4. The van der Waals surface area contributed by atoms with E-state index in [1.165, 1.54) is 17.0 Å². The molecule has 0 saturated carbocycles. The fraction of sp³-hybridized carbons (Fsp3) is 0.235. The van der Waals surface area contributed by atoms with Gasteiger partial charge in [-0.15, -0.1) is 0 Å². The van der Waals surface area contributed by atoms with Crippen molar-refractivity contribution >= 4 is 50.7 Å². The number of amides is 2. The second kappa shape index (κ2) is 15.2. The summed E-state index contributed by atoms with van der Waals surface area (Å²) in [7, 11) is -4.23. The minimum Gasteiger partial charge on any atom is -0.352 e. The highest BCUT2D eigenvalue weighted by molar-refractivity contribution is 7.92. The average molecular weight is 653 g/mol. The van der Waals surface area contributed by atoms with E-state index in [9.17, 15) is 18.0 Å². The third-order valence-corrected chi connectivity index (χ3v) is 9.62. The number of hydrogen-bond donors (Lipinski definition) is 1. The Labute approximate surface area is 269 Å². The van der Waals surface area contributed by atoms with Crippen LogP contribution in [0, 0.1) is 0 Å². The molecule has 10 heteroatoms. The first kappa shape index (κ1) is 33.1. The second-order valence-electron chi connectivity index (χ2n) is 10.4. The van der Waals surface area contributed by atoms with Gasteiger partial charge in [0, 0.05) is 24.0 Å². The van der Waals surface area contributed by atoms with E-state index in [4.69, 9.17) is 23.2 Å². The highest BCUT2D eigenvalue weighted by Gasteiger charge is 2.35. The molecule has 0 aliphatic heterocycles. The lowest BCUT2D eigenvalue weighted by Crippen LogP contribution is -2.54. The molecule has 2 amide bonds. The van der Waals surface area contributed by atoms with Crippen LogP contribution in [0.2, 0.25) is 10.0 Å². The molecule has 0 heterocycles. The molecule has 0 saturated heterocycles. The fourth-order valence-electron chi connectivity index (χ4n) is 4.67. The largest absolute Gasteiger partial charge is 0.352 e. The van der Waals surface area contributed by atoms with Crippen LogP contribution in [0.15, 0.2) is 114 Å². The van der Waals surface area contributed by atoms with Crippen molar-refractivity contribution in [2.24, 2.45) is 0 Å². The van der Waals surface area contributed by atoms with Gasteiger partial charge in [0.1, 0.15) is 12.6 Å². The monoisotopic (exact) mass is 651 g/mol. The molecule has 4 aromatic carbocycles. The molecule has 0 bridgehead atoms. The summed E-state index contributed by atoms with van der Waals surface area (Å²) in [6, 6.07) is 29.6. The summed E-state index contributed by atoms with van der Waals surface area (Å²) in [5.41, 5.74) is 1.74. The molecule has 0 spiro atoms. The van der Waals surface area contributed by atoms with Crippen molar-refractivity contribution in [3.8, 4) is 0 Å². The average Bonchev–Trinajstić information content (AvgIpc) is 3.03. The molecular formula is C34H35Cl2N3O4S. The van der Waals surface area contributed by atoms with Crippen molar-refractivity contribution in [3.05, 3.63) is 130 Å². The van der Waals surface area contributed by atoms with Gasteiger partial charge in [-0.1, -0.05) is 103 Å². The summed E-state index contributed by atoms with van der Waals surface area (Å²) in [5.74, 6) is -0.902. The number of anilines is 1. The minimum absolute atomic E-state index is 0.00678. The van der Waals surface area contributed by atoms with Crippen LogP contribution in [0.4, 0.5) is 5.69 Å². The van der Waals surface area contributed by atoms with Crippen LogP contribution >= 0.6 is 23.2 Å². The number of sulfonamides is 1. The van der Waals surface area contributed by atoms with Gasteiger partial charge in [0.2, 0.25) is 11.8 Å². The van der Waals surface area contributed by atoms with E-state index < -0.39 is 28.5 Å². The van der Waals surface area contributed by atoms with Crippen LogP contribution in [-0.4, -0.2) is 43.8 Å². The Kier molecular flexibility index (Phi) is 11.4. The third-order valence-electron chi connectivity index (χ3n) is 7.27. The van der Waals surface area contributed by atoms with Gasteiger partial charge in [-0.25, -0.2) is 8.42 Å². The number of carbonyl (C=O) groups is 2. The lowest BCUT2D eigenvalue weighted by molar-refractivity contribution is -0.140. The molecular weight excluding hydrogens is 617 g/mol. The Morgan fingerprint density at radius 3 is 2.00 bits per heavy atom. The molecule has 44 heavy (non-hydrogen) atoms.